The zero-order valence-corrected chi connectivity index (χ0v) is 19.7. The van der Waals surface area contributed by atoms with Crippen LogP contribution in [-0.4, -0.2) is 34.4 Å². The van der Waals surface area contributed by atoms with Crippen LogP contribution in [0.5, 0.6) is 5.75 Å². The number of nitrogens with zero attached hydrogens (tertiary/aromatic N) is 2. The van der Waals surface area contributed by atoms with Crippen molar-refractivity contribution in [3.63, 3.8) is 0 Å². The van der Waals surface area contributed by atoms with Gasteiger partial charge in [-0.3, -0.25) is 4.79 Å². The number of ether oxygens (including phenoxy) is 1. The number of alkyl halides is 3. The first kappa shape index (κ1) is 23.2. The molecule has 1 atom stereocenters. The van der Waals surface area contributed by atoms with Crippen molar-refractivity contribution in [3.8, 4) is 5.75 Å². The number of carbonyl (C=O) groups is 1. The Morgan fingerprint density at radius 2 is 1.97 bits per heavy atom. The number of H-pyrrole nitrogens is 1. The molecule has 0 aliphatic carbocycles. The zero-order chi connectivity index (χ0) is 24.9. The van der Waals surface area contributed by atoms with Crippen molar-refractivity contribution in [2.75, 3.05) is 13.7 Å². The number of hydrogen-bond donors (Lipinski definition) is 1. The fourth-order valence-electron chi connectivity index (χ4n) is 4.76. The smallest absolute Gasteiger partial charge is 0.416 e. The second-order valence-electron chi connectivity index (χ2n) is 8.52. The minimum absolute atomic E-state index is 0.180. The Labute approximate surface area is 204 Å². The zero-order valence-electron chi connectivity index (χ0n) is 18.9. The Bertz CT molecular complexity index is 1430. The molecule has 5 rings (SSSR count). The lowest BCUT2D eigenvalue weighted by Gasteiger charge is -2.36. The van der Waals surface area contributed by atoms with Crippen molar-refractivity contribution >= 4 is 28.4 Å². The summed E-state index contributed by atoms with van der Waals surface area (Å²) in [6.45, 7) is 2.04. The summed E-state index contributed by atoms with van der Waals surface area (Å²) in [5, 5.41) is 1.10. The van der Waals surface area contributed by atoms with Crippen molar-refractivity contribution in [3.05, 3.63) is 93.4 Å². The lowest BCUT2D eigenvalue weighted by molar-refractivity contribution is -0.137. The Hall–Kier alpha value is -3.52. The van der Waals surface area contributed by atoms with Crippen molar-refractivity contribution in [2.45, 2.75) is 25.6 Å². The first-order valence-corrected chi connectivity index (χ1v) is 11.3. The van der Waals surface area contributed by atoms with Crippen molar-refractivity contribution < 1.29 is 22.7 Å². The quantitative estimate of drug-likeness (QED) is 0.335. The molecule has 2 aromatic carbocycles. The van der Waals surface area contributed by atoms with Crippen LogP contribution in [0.2, 0.25) is 5.15 Å². The molecule has 1 aliphatic heterocycles. The van der Waals surface area contributed by atoms with Gasteiger partial charge in [-0.25, -0.2) is 4.98 Å². The molecule has 35 heavy (non-hydrogen) atoms. The molecule has 1 N–H and O–H groups in total. The molecule has 1 unspecified atom stereocenters. The Kier molecular flexibility index (Phi) is 5.71. The largest absolute Gasteiger partial charge is 0.497 e. The first-order valence-electron chi connectivity index (χ1n) is 11.0. The molecule has 0 saturated heterocycles. The highest BCUT2D eigenvalue weighted by Gasteiger charge is 2.37. The van der Waals surface area contributed by atoms with E-state index in [-0.39, 0.29) is 11.1 Å². The number of carbonyl (C=O) groups excluding carboxylic acids is 1. The molecule has 1 amide bonds. The van der Waals surface area contributed by atoms with Gasteiger partial charge in [0.25, 0.3) is 5.91 Å². The molecular weight excluding hydrogens is 479 g/mol. The van der Waals surface area contributed by atoms with Crippen LogP contribution in [0.15, 0.2) is 54.6 Å². The highest BCUT2D eigenvalue weighted by atomic mass is 35.5. The predicted molar refractivity (Wildman–Crippen MR) is 127 cm³/mol. The fourth-order valence-corrected chi connectivity index (χ4v) is 5.01. The van der Waals surface area contributed by atoms with Gasteiger partial charge in [-0.05, 0) is 66.9 Å². The van der Waals surface area contributed by atoms with Crippen LogP contribution in [0.25, 0.3) is 10.9 Å². The van der Waals surface area contributed by atoms with Crippen LogP contribution in [0.1, 0.15) is 44.5 Å². The van der Waals surface area contributed by atoms with Crippen molar-refractivity contribution in [1.82, 2.24) is 14.9 Å². The van der Waals surface area contributed by atoms with Gasteiger partial charge in [0.05, 0.1) is 18.7 Å². The monoisotopic (exact) mass is 499 g/mol. The van der Waals surface area contributed by atoms with E-state index in [0.717, 1.165) is 28.6 Å². The molecule has 0 saturated carbocycles. The number of amides is 1. The maximum Gasteiger partial charge on any atom is 0.416 e. The lowest BCUT2D eigenvalue weighted by atomic mass is 9.91. The number of pyridine rings is 1. The summed E-state index contributed by atoms with van der Waals surface area (Å²) in [5.74, 6) is 0.344. The number of benzene rings is 2. The van der Waals surface area contributed by atoms with Crippen LogP contribution in [0.4, 0.5) is 13.2 Å². The van der Waals surface area contributed by atoms with Gasteiger partial charge in [0, 0.05) is 34.4 Å². The van der Waals surface area contributed by atoms with Gasteiger partial charge in [0.15, 0.2) is 0 Å². The number of hydrogen-bond acceptors (Lipinski definition) is 3. The minimum atomic E-state index is -4.51. The van der Waals surface area contributed by atoms with Gasteiger partial charge in [0.1, 0.15) is 10.9 Å². The number of aromatic amines is 1. The van der Waals surface area contributed by atoms with Crippen LogP contribution >= 0.6 is 11.6 Å². The number of aromatic nitrogens is 2. The SMILES string of the molecule is COc1ccc2[nH]c3c(c2c1)CCN(C(=O)c1cc(C)nc(Cl)c1)C3c1cccc(C(F)(F)F)c1. The molecule has 3 heterocycles. The number of halogens is 4. The maximum atomic E-state index is 13.7. The van der Waals surface area contributed by atoms with E-state index < -0.39 is 17.8 Å². The topological polar surface area (TPSA) is 58.2 Å². The standard InChI is InChI=1S/C26H21ClF3N3O2/c1-14-10-16(12-22(27)31-14)25(34)33-9-8-19-20-13-18(35-2)6-7-21(20)32-23(19)24(33)15-4-3-5-17(11-15)26(28,29)30/h3-7,10-13,24,32H,8-9H2,1-2H3. The molecule has 2 aromatic heterocycles. The number of methoxy groups -OCH3 is 1. The number of nitrogens with one attached hydrogen (secondary N) is 1. The lowest BCUT2D eigenvalue weighted by Crippen LogP contribution is -2.40. The molecule has 0 bridgehead atoms. The molecule has 4 aromatic rings. The molecule has 180 valence electrons. The summed E-state index contributed by atoms with van der Waals surface area (Å²) in [7, 11) is 1.58. The van der Waals surface area contributed by atoms with Gasteiger partial charge in [-0.1, -0.05) is 23.7 Å². The van der Waals surface area contributed by atoms with E-state index in [1.165, 1.54) is 12.1 Å². The third-order valence-corrected chi connectivity index (χ3v) is 6.49. The van der Waals surface area contributed by atoms with Gasteiger partial charge < -0.3 is 14.6 Å². The van der Waals surface area contributed by atoms with Crippen molar-refractivity contribution in [1.29, 1.82) is 0 Å². The van der Waals surface area contributed by atoms with Crippen LogP contribution in [0, 0.1) is 6.92 Å². The van der Waals surface area contributed by atoms with E-state index in [1.54, 1.807) is 31.1 Å². The Balaban J connectivity index is 1.69. The fraction of sp³-hybridized carbons (Fsp3) is 0.231. The highest BCUT2D eigenvalue weighted by Crippen LogP contribution is 2.41. The summed E-state index contributed by atoms with van der Waals surface area (Å²) in [5.41, 5.74) is 2.97. The third-order valence-electron chi connectivity index (χ3n) is 6.29. The summed E-state index contributed by atoms with van der Waals surface area (Å²) in [6.07, 6.45) is -3.98. The molecule has 9 heteroatoms. The molecule has 0 radical (unpaired) electrons. The average molecular weight is 500 g/mol. The summed E-state index contributed by atoms with van der Waals surface area (Å²) in [6, 6.07) is 13.1. The molecule has 0 fully saturated rings. The molecule has 0 spiro atoms. The third kappa shape index (κ3) is 4.23. The van der Waals surface area contributed by atoms with E-state index in [0.29, 0.717) is 41.2 Å². The van der Waals surface area contributed by atoms with E-state index in [4.69, 9.17) is 16.3 Å². The van der Waals surface area contributed by atoms with E-state index in [9.17, 15) is 18.0 Å². The predicted octanol–water partition coefficient (Wildman–Crippen LogP) is 6.34. The van der Waals surface area contributed by atoms with E-state index in [1.807, 2.05) is 18.2 Å². The normalized spacial score (nSPS) is 15.8. The molecule has 1 aliphatic rings. The molecular formula is C26H21ClF3N3O2. The van der Waals surface area contributed by atoms with Gasteiger partial charge >= 0.3 is 6.18 Å². The Morgan fingerprint density at radius 1 is 1.17 bits per heavy atom. The first-order chi connectivity index (χ1) is 16.7. The summed E-state index contributed by atoms with van der Waals surface area (Å²) in [4.78, 5) is 22.7. The highest BCUT2D eigenvalue weighted by molar-refractivity contribution is 6.29. The number of rotatable bonds is 3. The Morgan fingerprint density at radius 3 is 2.69 bits per heavy atom. The number of fused-ring (bicyclic) bond motifs is 3. The summed E-state index contributed by atoms with van der Waals surface area (Å²) >= 11 is 6.10. The van der Waals surface area contributed by atoms with Crippen LogP contribution in [-0.2, 0) is 12.6 Å². The van der Waals surface area contributed by atoms with Crippen LogP contribution < -0.4 is 4.74 Å². The van der Waals surface area contributed by atoms with Gasteiger partial charge in [-0.15, -0.1) is 0 Å². The van der Waals surface area contributed by atoms with Crippen molar-refractivity contribution in [2.24, 2.45) is 0 Å². The van der Waals surface area contributed by atoms with E-state index in [2.05, 4.69) is 9.97 Å². The second kappa shape index (κ2) is 8.61. The number of aryl methyl sites for hydroxylation is 1. The average Bonchev–Trinajstić information content (AvgIpc) is 3.19. The van der Waals surface area contributed by atoms with Gasteiger partial charge in [0.2, 0.25) is 0 Å². The van der Waals surface area contributed by atoms with Crippen LogP contribution in [0.3, 0.4) is 0 Å². The minimum Gasteiger partial charge on any atom is -0.497 e. The summed E-state index contributed by atoms with van der Waals surface area (Å²) < 4.78 is 46.1. The van der Waals surface area contributed by atoms with Gasteiger partial charge in [-0.2, -0.15) is 13.2 Å². The molecule has 5 nitrogen and oxygen atoms in total. The second-order valence-corrected chi connectivity index (χ2v) is 8.91. The van der Waals surface area contributed by atoms with E-state index >= 15 is 0 Å². The maximum absolute atomic E-state index is 13.7.